The van der Waals surface area contributed by atoms with Gasteiger partial charge in [-0.05, 0) is 70.3 Å². The molecule has 2 rings (SSSR count). The highest BCUT2D eigenvalue weighted by atomic mass is 32.2. The molecule has 0 aliphatic carbocycles. The average Bonchev–Trinajstić information content (AvgIpc) is 3.67. The zero-order valence-corrected chi connectivity index (χ0v) is 47.7. The number of ether oxygens (including phenoxy) is 3. The molecule has 78 heavy (non-hydrogen) atoms. The van der Waals surface area contributed by atoms with E-state index in [0.717, 1.165) is 73.9 Å². The van der Waals surface area contributed by atoms with Crippen molar-refractivity contribution < 1.29 is 81.3 Å². The number of phosphoric acid groups is 2. The van der Waals surface area contributed by atoms with Gasteiger partial charge in [0.25, 0.3) is 0 Å². The molecule has 2 heterocycles. The number of carboxylic acids is 1. The fourth-order valence-electron chi connectivity index (χ4n) is 7.45. The predicted molar refractivity (Wildman–Crippen MR) is 299 cm³/mol. The third-order valence-electron chi connectivity index (χ3n) is 11.8. The van der Waals surface area contributed by atoms with Crippen LogP contribution in [0.1, 0.15) is 148 Å². The Kier molecular flexibility index (Phi) is 36.8. The van der Waals surface area contributed by atoms with E-state index in [2.05, 4.69) is 59.6 Å². The van der Waals surface area contributed by atoms with E-state index in [1.807, 2.05) is 18.2 Å². The summed E-state index contributed by atoms with van der Waals surface area (Å²) in [5.41, 5.74) is 10.8. The van der Waals surface area contributed by atoms with Gasteiger partial charge in [-0.1, -0.05) is 138 Å². The van der Waals surface area contributed by atoms with E-state index in [1.54, 1.807) is 18.2 Å². The molecule has 0 spiro atoms. The SMILES string of the molecule is CCCCC/C=C\C\C=C/C=C/C=C/[C@@H](SC[C@H](N)C(=O)OC[C@H](COP(=O)(O)OP(=O)(O)OC[C@H]1O[C@@H](n2ccc(N)nc2=O)[C@H](O)[C@@H]1O)OC(=O)CCCCCCC/C=C\C=C/CCCCCC)[C@@H](O)CCCC(=O)O. The number of anilines is 1. The van der Waals surface area contributed by atoms with E-state index in [9.17, 15) is 53.4 Å². The Labute approximate surface area is 463 Å². The number of aliphatic hydroxyl groups is 3. The van der Waals surface area contributed by atoms with Gasteiger partial charge in [-0.25, -0.2) is 13.9 Å². The van der Waals surface area contributed by atoms with Crippen LogP contribution in [0, 0.1) is 0 Å². The van der Waals surface area contributed by atoms with E-state index in [1.165, 1.54) is 44.6 Å². The second-order valence-corrected chi connectivity index (χ2v) is 22.9. The first-order valence-corrected chi connectivity index (χ1v) is 30.9. The summed E-state index contributed by atoms with van der Waals surface area (Å²) in [6, 6.07) is -0.0816. The second-order valence-electron chi connectivity index (χ2n) is 18.6. The van der Waals surface area contributed by atoms with Crippen LogP contribution in [0.25, 0.3) is 0 Å². The number of hydrogen-bond acceptors (Lipinski definition) is 19. The number of carboxylic acid groups (broad SMARTS) is 1. The Bertz CT molecular complexity index is 2230. The minimum absolute atomic E-state index is 0.0731. The van der Waals surface area contributed by atoms with Crippen molar-refractivity contribution in [2.24, 2.45) is 5.73 Å². The van der Waals surface area contributed by atoms with E-state index < -0.39 is 107 Å². The number of aliphatic hydroxyl groups excluding tert-OH is 3. The fourth-order valence-corrected chi connectivity index (χ4v) is 10.7. The van der Waals surface area contributed by atoms with Crippen molar-refractivity contribution in [2.75, 3.05) is 31.3 Å². The first-order chi connectivity index (χ1) is 37.3. The fraction of sp³-hybridized carbons (Fsp3) is 0.642. The number of rotatable bonds is 44. The van der Waals surface area contributed by atoms with Crippen molar-refractivity contribution in [2.45, 2.75) is 190 Å². The zero-order valence-electron chi connectivity index (χ0n) is 45.1. The van der Waals surface area contributed by atoms with Crippen LogP contribution in [0.15, 0.2) is 90.0 Å². The summed E-state index contributed by atoms with van der Waals surface area (Å²) in [6.45, 7) is 1.59. The summed E-state index contributed by atoms with van der Waals surface area (Å²) in [6.07, 6.45) is 31.7. The van der Waals surface area contributed by atoms with Crippen molar-refractivity contribution in [3.63, 3.8) is 0 Å². The number of nitrogens with zero attached hydrogens (tertiary/aromatic N) is 2. The van der Waals surface area contributed by atoms with Gasteiger partial charge < -0.3 is 55.9 Å². The van der Waals surface area contributed by atoms with Crippen molar-refractivity contribution in [1.29, 1.82) is 0 Å². The molecular weight excluding hydrogens is 1070 g/mol. The van der Waals surface area contributed by atoms with Gasteiger partial charge in [0.05, 0.1) is 19.3 Å². The van der Waals surface area contributed by atoms with Crippen LogP contribution in [0.3, 0.4) is 0 Å². The molecule has 0 saturated carbocycles. The smallest absolute Gasteiger partial charge is 0.481 e. The van der Waals surface area contributed by atoms with Crippen molar-refractivity contribution >= 4 is 51.1 Å². The molecule has 0 bridgehead atoms. The molecule has 10 atom stereocenters. The van der Waals surface area contributed by atoms with Crippen LogP contribution >= 0.6 is 27.4 Å². The lowest BCUT2D eigenvalue weighted by Crippen LogP contribution is -2.38. The number of phosphoric ester groups is 2. The quantitative estimate of drug-likeness (QED) is 0.0100. The van der Waals surface area contributed by atoms with E-state index in [0.29, 0.717) is 12.8 Å². The molecule has 0 radical (unpaired) electrons. The van der Waals surface area contributed by atoms with Crippen LogP contribution in [0.2, 0.25) is 0 Å². The van der Waals surface area contributed by atoms with Crippen molar-refractivity contribution in [3.05, 3.63) is 95.7 Å². The number of thioether (sulfide) groups is 1. The third kappa shape index (κ3) is 32.3. The number of esters is 2. The van der Waals surface area contributed by atoms with Crippen LogP contribution in [-0.4, -0.2) is 125 Å². The number of nitrogens with two attached hydrogens (primary N) is 2. The van der Waals surface area contributed by atoms with Gasteiger partial charge >= 0.3 is 39.2 Å². The normalized spacial score (nSPS) is 20.3. The molecule has 1 aromatic rings. The largest absolute Gasteiger partial charge is 0.481 e. The predicted octanol–water partition coefficient (Wildman–Crippen LogP) is 8.20. The molecule has 1 aliphatic rings. The summed E-state index contributed by atoms with van der Waals surface area (Å²) in [5.74, 6) is -2.98. The maximum absolute atomic E-state index is 13.2. The lowest BCUT2D eigenvalue weighted by Gasteiger charge is -2.23. The highest BCUT2D eigenvalue weighted by Crippen LogP contribution is 2.60. The molecule has 0 aromatic carbocycles. The molecular formula is C53H86N4O18P2S. The van der Waals surface area contributed by atoms with Crippen molar-refractivity contribution in [1.82, 2.24) is 9.55 Å². The Morgan fingerprint density at radius 1 is 0.795 bits per heavy atom. The Morgan fingerprint density at radius 3 is 2.10 bits per heavy atom. The summed E-state index contributed by atoms with van der Waals surface area (Å²) in [7, 11) is -11.1. The minimum atomic E-state index is -5.56. The summed E-state index contributed by atoms with van der Waals surface area (Å²) < 4.78 is 57.0. The first kappa shape index (κ1) is 70.0. The Hall–Kier alpha value is -4.06. The van der Waals surface area contributed by atoms with Crippen LogP contribution in [-0.2, 0) is 51.1 Å². The molecule has 1 aromatic heterocycles. The van der Waals surface area contributed by atoms with Crippen LogP contribution < -0.4 is 17.2 Å². The average molecular weight is 1160 g/mol. The number of aromatic nitrogens is 2. The number of hydrogen-bond donors (Lipinski definition) is 8. The van der Waals surface area contributed by atoms with Gasteiger partial charge in [0.1, 0.15) is 36.8 Å². The van der Waals surface area contributed by atoms with Gasteiger partial charge in [0.15, 0.2) is 12.3 Å². The number of allylic oxidation sites excluding steroid dienone is 11. The highest BCUT2D eigenvalue weighted by Gasteiger charge is 2.46. The van der Waals surface area contributed by atoms with E-state index in [-0.39, 0.29) is 37.3 Å². The topological polar surface area (TPSA) is 349 Å². The lowest BCUT2D eigenvalue weighted by atomic mass is 10.1. The van der Waals surface area contributed by atoms with Crippen LogP contribution in [0.4, 0.5) is 5.82 Å². The third-order valence-corrected chi connectivity index (χ3v) is 15.8. The van der Waals surface area contributed by atoms with E-state index >= 15 is 0 Å². The second kappa shape index (κ2) is 41.0. The lowest BCUT2D eigenvalue weighted by molar-refractivity contribution is -0.161. The number of aliphatic carboxylic acids is 1. The molecule has 1 saturated heterocycles. The number of carbonyl (C=O) groups excluding carboxylic acids is 2. The van der Waals surface area contributed by atoms with E-state index in [4.69, 9.17) is 39.8 Å². The van der Waals surface area contributed by atoms with Gasteiger partial charge in [-0.15, -0.1) is 11.8 Å². The zero-order chi connectivity index (χ0) is 57.6. The number of unbranched alkanes of at least 4 members (excludes halogenated alkanes) is 12. The van der Waals surface area contributed by atoms with Gasteiger partial charge in [-0.2, -0.15) is 9.29 Å². The molecule has 25 heteroatoms. The minimum Gasteiger partial charge on any atom is -0.481 e. The molecule has 22 nitrogen and oxygen atoms in total. The van der Waals surface area contributed by atoms with Gasteiger partial charge in [-0.3, -0.25) is 28.0 Å². The molecule has 10 N–H and O–H groups in total. The van der Waals surface area contributed by atoms with Crippen LogP contribution in [0.5, 0.6) is 0 Å². The standard InChI is InChI=1S/C53H86N4O18P2S/c1-3-5-7-9-11-13-15-17-18-19-21-23-25-27-29-34-48(61)73-41(38-71-76(66,67)75-77(68,69)72-39-44-49(62)50(63)51(74-44)57-36-35-46(55)56-53(57)65)37-70-52(64)42(54)40-78-45(43(58)31-30-33-47(59)60)32-28-26-24-22-20-16-14-12-10-8-6-4-2/h12-15,17-18,20,22,24,26,28,32,35-36,41-45,49-51,58,62-63H,3-11,16,19,21,23,25,27,29-31,33-34,37-40,54H2,1-2H3,(H,59,60)(H,66,67)(H,68,69)(H2,55,56,65)/b14-12-,15-13-,18-17-,22-20-,26-24+,32-28+/t41-,42+,43+,44-,45-,49-,50-,51-/m1/s1. The molecule has 1 fully saturated rings. The first-order valence-electron chi connectivity index (χ1n) is 26.9. The van der Waals surface area contributed by atoms with Gasteiger partial charge in [0.2, 0.25) is 0 Å². The molecule has 0 amide bonds. The number of nitrogen functional groups attached to an aromatic ring is 1. The Morgan fingerprint density at radius 2 is 1.41 bits per heavy atom. The maximum atomic E-state index is 13.2. The summed E-state index contributed by atoms with van der Waals surface area (Å²) in [5, 5.41) is 40.5. The highest BCUT2D eigenvalue weighted by molar-refractivity contribution is 8.00. The monoisotopic (exact) mass is 1160 g/mol. The number of carbonyl (C=O) groups is 3. The molecule has 1 aliphatic heterocycles. The molecule has 2 unspecified atom stereocenters. The maximum Gasteiger partial charge on any atom is 0.481 e. The van der Waals surface area contributed by atoms with Gasteiger partial charge in [0, 0.05) is 30.0 Å². The summed E-state index contributed by atoms with van der Waals surface area (Å²) >= 11 is 1.12. The summed E-state index contributed by atoms with van der Waals surface area (Å²) in [4.78, 5) is 74.0. The van der Waals surface area contributed by atoms with Crippen molar-refractivity contribution in [3.8, 4) is 0 Å². The Balaban J connectivity index is 2.06. The molecule has 442 valence electrons.